The largest absolute Gasteiger partial charge is 0.383 e. The molecule has 1 fully saturated rings. The van der Waals surface area contributed by atoms with Gasteiger partial charge in [-0.1, -0.05) is 26.7 Å². The SMILES string of the molecule is CCC(CC)C(CNC(=NC)NCC(=O)NCCOC)N1CCOCC1.I. The average molecular weight is 499 g/mol. The molecular formula is C18H38IN5O3. The fourth-order valence-electron chi connectivity index (χ4n) is 3.28. The quantitative estimate of drug-likeness (QED) is 0.168. The van der Waals surface area contributed by atoms with E-state index in [4.69, 9.17) is 9.47 Å². The molecule has 0 aliphatic carbocycles. The van der Waals surface area contributed by atoms with Crippen LogP contribution in [0.25, 0.3) is 0 Å². The van der Waals surface area contributed by atoms with Crippen molar-refractivity contribution in [1.29, 1.82) is 0 Å². The molecule has 160 valence electrons. The summed E-state index contributed by atoms with van der Waals surface area (Å²) in [6.07, 6.45) is 2.29. The van der Waals surface area contributed by atoms with Crippen LogP contribution in [0.5, 0.6) is 0 Å². The number of aliphatic imine (C=N–C) groups is 1. The van der Waals surface area contributed by atoms with Gasteiger partial charge in [0.2, 0.25) is 5.91 Å². The number of carbonyl (C=O) groups excluding carboxylic acids is 1. The number of rotatable bonds is 11. The second kappa shape index (κ2) is 16.3. The number of hydrogen-bond acceptors (Lipinski definition) is 5. The van der Waals surface area contributed by atoms with Gasteiger partial charge in [-0.15, -0.1) is 24.0 Å². The molecular weight excluding hydrogens is 461 g/mol. The normalized spacial score (nSPS) is 16.6. The van der Waals surface area contributed by atoms with Crippen molar-refractivity contribution in [3.8, 4) is 0 Å². The number of guanidine groups is 1. The summed E-state index contributed by atoms with van der Waals surface area (Å²) in [4.78, 5) is 18.5. The second-order valence-corrected chi connectivity index (χ2v) is 6.44. The smallest absolute Gasteiger partial charge is 0.239 e. The molecule has 1 aliphatic heterocycles. The van der Waals surface area contributed by atoms with Gasteiger partial charge in [0.1, 0.15) is 0 Å². The molecule has 0 aromatic carbocycles. The summed E-state index contributed by atoms with van der Waals surface area (Å²) in [6.45, 7) is 10.0. The van der Waals surface area contributed by atoms with E-state index in [1.165, 1.54) is 0 Å². The highest BCUT2D eigenvalue weighted by atomic mass is 127. The lowest BCUT2D eigenvalue weighted by atomic mass is 9.92. The van der Waals surface area contributed by atoms with Crippen LogP contribution < -0.4 is 16.0 Å². The number of nitrogens with one attached hydrogen (secondary N) is 3. The maximum Gasteiger partial charge on any atom is 0.239 e. The Morgan fingerprint density at radius 1 is 1.19 bits per heavy atom. The van der Waals surface area contributed by atoms with Gasteiger partial charge in [0, 0.05) is 46.4 Å². The number of halogens is 1. The van der Waals surface area contributed by atoms with Crippen molar-refractivity contribution in [1.82, 2.24) is 20.9 Å². The number of hydrogen-bond donors (Lipinski definition) is 3. The van der Waals surface area contributed by atoms with E-state index in [0.717, 1.165) is 45.7 Å². The van der Waals surface area contributed by atoms with Crippen molar-refractivity contribution in [3.05, 3.63) is 0 Å². The Kier molecular flexibility index (Phi) is 15.9. The van der Waals surface area contributed by atoms with Crippen LogP contribution in [0.2, 0.25) is 0 Å². The molecule has 9 heteroatoms. The summed E-state index contributed by atoms with van der Waals surface area (Å²) < 4.78 is 10.4. The van der Waals surface area contributed by atoms with E-state index in [9.17, 15) is 4.79 Å². The monoisotopic (exact) mass is 499 g/mol. The van der Waals surface area contributed by atoms with Gasteiger partial charge in [0.25, 0.3) is 0 Å². The molecule has 0 spiro atoms. The maximum absolute atomic E-state index is 11.8. The summed E-state index contributed by atoms with van der Waals surface area (Å²) in [5.74, 6) is 1.20. The van der Waals surface area contributed by atoms with Crippen molar-refractivity contribution >= 4 is 35.8 Å². The molecule has 1 saturated heterocycles. The minimum atomic E-state index is -0.0743. The van der Waals surface area contributed by atoms with Crippen molar-refractivity contribution < 1.29 is 14.3 Å². The molecule has 1 rings (SSSR count). The summed E-state index contributed by atoms with van der Waals surface area (Å²) in [7, 11) is 3.33. The first-order valence-electron chi connectivity index (χ1n) is 9.68. The predicted octanol–water partition coefficient (Wildman–Crippen LogP) is 0.669. The van der Waals surface area contributed by atoms with Gasteiger partial charge < -0.3 is 25.4 Å². The van der Waals surface area contributed by atoms with Gasteiger partial charge in [-0.05, 0) is 5.92 Å². The summed E-state index contributed by atoms with van der Waals surface area (Å²) in [5, 5.41) is 9.25. The van der Waals surface area contributed by atoms with Crippen LogP contribution in [0.15, 0.2) is 4.99 Å². The molecule has 1 unspecified atom stereocenters. The number of amides is 1. The van der Waals surface area contributed by atoms with E-state index in [0.29, 0.717) is 31.1 Å². The van der Waals surface area contributed by atoms with Gasteiger partial charge in [0.05, 0.1) is 26.4 Å². The first-order chi connectivity index (χ1) is 12.7. The molecule has 3 N–H and O–H groups in total. The van der Waals surface area contributed by atoms with Crippen LogP contribution in [-0.4, -0.2) is 89.5 Å². The number of morpholine rings is 1. The third-order valence-electron chi connectivity index (χ3n) is 4.85. The summed E-state index contributed by atoms with van der Waals surface area (Å²) >= 11 is 0. The Morgan fingerprint density at radius 3 is 2.41 bits per heavy atom. The molecule has 0 radical (unpaired) electrons. The van der Waals surface area contributed by atoms with Crippen molar-refractivity contribution in [2.75, 3.05) is 66.7 Å². The Balaban J connectivity index is 0.00000676. The minimum absolute atomic E-state index is 0. The van der Waals surface area contributed by atoms with Crippen LogP contribution in [0.4, 0.5) is 0 Å². The minimum Gasteiger partial charge on any atom is -0.383 e. The molecule has 0 saturated carbocycles. The lowest BCUT2D eigenvalue weighted by Crippen LogP contribution is -2.54. The topological polar surface area (TPSA) is 87.2 Å². The van der Waals surface area contributed by atoms with E-state index in [1.54, 1.807) is 14.2 Å². The Labute approximate surface area is 181 Å². The first-order valence-corrected chi connectivity index (χ1v) is 9.68. The Morgan fingerprint density at radius 2 is 1.85 bits per heavy atom. The third-order valence-corrected chi connectivity index (χ3v) is 4.85. The van der Waals surface area contributed by atoms with Crippen molar-refractivity contribution in [3.63, 3.8) is 0 Å². The lowest BCUT2D eigenvalue weighted by molar-refractivity contribution is -0.120. The van der Waals surface area contributed by atoms with E-state index in [1.807, 2.05) is 0 Å². The van der Waals surface area contributed by atoms with E-state index in [-0.39, 0.29) is 36.4 Å². The zero-order chi connectivity index (χ0) is 19.2. The van der Waals surface area contributed by atoms with E-state index < -0.39 is 0 Å². The zero-order valence-corrected chi connectivity index (χ0v) is 19.6. The molecule has 0 aromatic heterocycles. The Bertz CT molecular complexity index is 416. The van der Waals surface area contributed by atoms with Gasteiger partial charge in [-0.2, -0.15) is 0 Å². The summed E-state index contributed by atoms with van der Waals surface area (Å²) in [6, 6.07) is 0.433. The van der Waals surface area contributed by atoms with Crippen LogP contribution >= 0.6 is 24.0 Å². The average Bonchev–Trinajstić information content (AvgIpc) is 2.68. The first kappa shape index (κ1) is 26.4. The molecule has 1 atom stereocenters. The second-order valence-electron chi connectivity index (χ2n) is 6.44. The van der Waals surface area contributed by atoms with Crippen molar-refractivity contribution in [2.24, 2.45) is 10.9 Å². The van der Waals surface area contributed by atoms with Crippen LogP contribution in [0.1, 0.15) is 26.7 Å². The number of methoxy groups -OCH3 is 1. The number of carbonyl (C=O) groups is 1. The molecule has 0 bridgehead atoms. The number of nitrogens with zero attached hydrogens (tertiary/aromatic N) is 2. The predicted molar refractivity (Wildman–Crippen MR) is 120 cm³/mol. The standard InChI is InChI=1S/C18H37N5O3.HI/c1-5-15(6-2)16(23-8-11-26-12-9-23)13-21-18(19-3)22-14-17(24)20-7-10-25-4;/h15-16H,5-14H2,1-4H3,(H,20,24)(H2,19,21,22);1H. The molecule has 1 heterocycles. The van der Waals surface area contributed by atoms with Crippen LogP contribution in [0.3, 0.4) is 0 Å². The zero-order valence-electron chi connectivity index (χ0n) is 17.3. The molecule has 8 nitrogen and oxygen atoms in total. The fourth-order valence-corrected chi connectivity index (χ4v) is 3.28. The molecule has 1 aliphatic rings. The molecule has 27 heavy (non-hydrogen) atoms. The fraction of sp³-hybridized carbons (Fsp3) is 0.889. The van der Waals surface area contributed by atoms with Crippen LogP contribution in [0, 0.1) is 5.92 Å². The van der Waals surface area contributed by atoms with Gasteiger partial charge in [-0.3, -0.25) is 14.7 Å². The highest BCUT2D eigenvalue weighted by molar-refractivity contribution is 14.0. The van der Waals surface area contributed by atoms with Gasteiger partial charge >= 0.3 is 0 Å². The highest BCUT2D eigenvalue weighted by Crippen LogP contribution is 2.19. The summed E-state index contributed by atoms with van der Waals surface area (Å²) in [5.41, 5.74) is 0. The van der Waals surface area contributed by atoms with E-state index in [2.05, 4.69) is 39.7 Å². The maximum atomic E-state index is 11.8. The van der Waals surface area contributed by atoms with Gasteiger partial charge in [-0.25, -0.2) is 0 Å². The molecule has 0 aromatic rings. The lowest BCUT2D eigenvalue weighted by Gasteiger charge is -2.39. The van der Waals surface area contributed by atoms with Crippen molar-refractivity contribution in [2.45, 2.75) is 32.7 Å². The van der Waals surface area contributed by atoms with E-state index >= 15 is 0 Å². The molecule has 1 amide bonds. The van der Waals surface area contributed by atoms with Crippen LogP contribution in [-0.2, 0) is 14.3 Å². The Hall–Kier alpha value is -0.650. The highest BCUT2D eigenvalue weighted by Gasteiger charge is 2.27. The third kappa shape index (κ3) is 10.5. The van der Waals surface area contributed by atoms with Gasteiger partial charge in [0.15, 0.2) is 5.96 Å². The number of ether oxygens (including phenoxy) is 2.